The molecule has 7 nitrogen and oxygen atoms in total. The molecule has 0 aliphatic heterocycles. The number of ether oxygens (including phenoxy) is 1. The summed E-state index contributed by atoms with van der Waals surface area (Å²) in [5.41, 5.74) is 0.519. The van der Waals surface area contributed by atoms with Gasteiger partial charge in [0.2, 0.25) is 5.91 Å². The topological polar surface area (TPSA) is 93.2 Å². The van der Waals surface area contributed by atoms with Crippen LogP contribution in [-0.4, -0.2) is 40.5 Å². The van der Waals surface area contributed by atoms with E-state index in [4.69, 9.17) is 4.74 Å². The van der Waals surface area contributed by atoms with Crippen LogP contribution in [0.15, 0.2) is 42.7 Å². The van der Waals surface area contributed by atoms with Crippen molar-refractivity contribution in [3.63, 3.8) is 0 Å². The molecule has 1 saturated carbocycles. The third-order valence-electron chi connectivity index (χ3n) is 4.35. The van der Waals surface area contributed by atoms with E-state index < -0.39 is 5.82 Å². The molecule has 0 radical (unpaired) electrons. The van der Waals surface area contributed by atoms with E-state index in [0.717, 1.165) is 38.1 Å². The van der Waals surface area contributed by atoms with Crippen LogP contribution in [0.3, 0.4) is 0 Å². The van der Waals surface area contributed by atoms with Crippen LogP contribution >= 0.6 is 0 Å². The zero-order chi connectivity index (χ0) is 19.1. The molecule has 0 unspecified atom stereocenters. The lowest BCUT2D eigenvalue weighted by atomic mass is 9.93. The van der Waals surface area contributed by atoms with Gasteiger partial charge in [0.05, 0.1) is 18.9 Å². The standard InChI is InChI=1S/C19H21FN4O3/c20-14-10-22-19(23-11-14)27-16-8-6-15(7-9-16)24-17(25)12-21-18(26)13-4-2-1-3-5-13/h1-5,10-11,15-16H,6-9,12H2,(H,21,26)(H,24,25). The van der Waals surface area contributed by atoms with E-state index in [9.17, 15) is 14.0 Å². The fourth-order valence-corrected chi connectivity index (χ4v) is 2.97. The van der Waals surface area contributed by atoms with Crippen molar-refractivity contribution in [2.45, 2.75) is 37.8 Å². The van der Waals surface area contributed by atoms with Crippen LogP contribution in [0.4, 0.5) is 4.39 Å². The molecule has 1 heterocycles. The van der Waals surface area contributed by atoms with Gasteiger partial charge in [0.1, 0.15) is 6.10 Å². The summed E-state index contributed by atoms with van der Waals surface area (Å²) in [5.74, 6) is -0.999. The van der Waals surface area contributed by atoms with Gasteiger partial charge < -0.3 is 15.4 Å². The molecule has 0 atom stereocenters. The molecule has 27 heavy (non-hydrogen) atoms. The SMILES string of the molecule is O=C(CNC(=O)c1ccccc1)NC1CCC(Oc2ncc(F)cn2)CC1. The normalized spacial score (nSPS) is 19.1. The third kappa shape index (κ3) is 5.73. The molecule has 3 rings (SSSR count). The quantitative estimate of drug-likeness (QED) is 0.807. The smallest absolute Gasteiger partial charge is 0.316 e. The summed E-state index contributed by atoms with van der Waals surface area (Å²) >= 11 is 0. The van der Waals surface area contributed by atoms with Gasteiger partial charge in [-0.25, -0.2) is 14.4 Å². The largest absolute Gasteiger partial charge is 0.460 e. The van der Waals surface area contributed by atoms with Crippen LogP contribution in [0, 0.1) is 5.82 Å². The van der Waals surface area contributed by atoms with Gasteiger partial charge in [0, 0.05) is 11.6 Å². The highest BCUT2D eigenvalue weighted by Crippen LogP contribution is 2.22. The summed E-state index contributed by atoms with van der Waals surface area (Å²) in [6.07, 6.45) is 5.07. The Labute approximate surface area is 156 Å². The molecule has 2 amide bonds. The van der Waals surface area contributed by atoms with E-state index in [1.54, 1.807) is 24.3 Å². The van der Waals surface area contributed by atoms with Crippen molar-refractivity contribution in [2.24, 2.45) is 0 Å². The Kier molecular flexibility index (Phi) is 6.30. The predicted octanol–water partition coefficient (Wildman–Crippen LogP) is 1.85. The van der Waals surface area contributed by atoms with E-state index in [0.29, 0.717) is 5.56 Å². The van der Waals surface area contributed by atoms with Gasteiger partial charge in [0.15, 0.2) is 5.82 Å². The molecule has 2 N–H and O–H groups in total. The summed E-state index contributed by atoms with van der Waals surface area (Å²) in [6, 6.07) is 8.95. The van der Waals surface area contributed by atoms with E-state index in [-0.39, 0.29) is 36.5 Å². The Bertz CT molecular complexity index is 762. The van der Waals surface area contributed by atoms with Crippen LogP contribution in [0.25, 0.3) is 0 Å². The van der Waals surface area contributed by atoms with Crippen LogP contribution < -0.4 is 15.4 Å². The number of amides is 2. The molecule has 2 aromatic rings. The minimum absolute atomic E-state index is 0.0418. The summed E-state index contributed by atoms with van der Waals surface area (Å²) in [7, 11) is 0. The van der Waals surface area contributed by atoms with Gasteiger partial charge in [-0.1, -0.05) is 18.2 Å². The minimum Gasteiger partial charge on any atom is -0.460 e. The second-order valence-electron chi connectivity index (χ2n) is 6.39. The van der Waals surface area contributed by atoms with Crippen LogP contribution in [0.5, 0.6) is 6.01 Å². The van der Waals surface area contributed by atoms with Crippen molar-refractivity contribution in [3.8, 4) is 6.01 Å². The molecule has 0 saturated heterocycles. The van der Waals surface area contributed by atoms with Crippen molar-refractivity contribution in [1.29, 1.82) is 0 Å². The first-order valence-corrected chi connectivity index (χ1v) is 8.87. The second kappa shape index (κ2) is 9.07. The number of carbonyl (C=O) groups is 2. The molecule has 1 fully saturated rings. The Balaban J connectivity index is 1.36. The van der Waals surface area contributed by atoms with Crippen molar-refractivity contribution in [3.05, 3.63) is 54.1 Å². The maximum absolute atomic E-state index is 12.8. The first-order valence-electron chi connectivity index (χ1n) is 8.87. The van der Waals surface area contributed by atoms with E-state index >= 15 is 0 Å². The maximum atomic E-state index is 12.8. The summed E-state index contributed by atoms with van der Waals surface area (Å²) in [4.78, 5) is 31.5. The molecule has 1 aliphatic carbocycles. The first kappa shape index (κ1) is 18.8. The van der Waals surface area contributed by atoms with Crippen LogP contribution in [0.1, 0.15) is 36.0 Å². The molecular formula is C19H21FN4O3. The number of nitrogens with one attached hydrogen (secondary N) is 2. The third-order valence-corrected chi connectivity index (χ3v) is 4.35. The van der Waals surface area contributed by atoms with Gasteiger partial charge in [-0.3, -0.25) is 9.59 Å². The number of aromatic nitrogens is 2. The maximum Gasteiger partial charge on any atom is 0.316 e. The molecule has 1 aliphatic rings. The van der Waals surface area contributed by atoms with E-state index in [2.05, 4.69) is 20.6 Å². The van der Waals surface area contributed by atoms with Crippen molar-refractivity contribution >= 4 is 11.8 Å². The summed E-state index contributed by atoms with van der Waals surface area (Å²) in [6.45, 7) is -0.0619. The number of hydrogen-bond donors (Lipinski definition) is 2. The number of benzene rings is 1. The zero-order valence-electron chi connectivity index (χ0n) is 14.7. The first-order chi connectivity index (χ1) is 13.1. The molecular weight excluding hydrogens is 351 g/mol. The summed E-state index contributed by atoms with van der Waals surface area (Å²) in [5, 5.41) is 5.54. The number of rotatable bonds is 6. The lowest BCUT2D eigenvalue weighted by Crippen LogP contribution is -2.44. The predicted molar refractivity (Wildman–Crippen MR) is 95.6 cm³/mol. The molecule has 0 spiro atoms. The highest BCUT2D eigenvalue weighted by Gasteiger charge is 2.24. The molecule has 142 valence electrons. The Hall–Kier alpha value is -3.03. The Morgan fingerprint density at radius 3 is 2.41 bits per heavy atom. The number of halogens is 1. The van der Waals surface area contributed by atoms with E-state index in [1.807, 2.05) is 6.07 Å². The molecule has 0 bridgehead atoms. The second-order valence-corrected chi connectivity index (χ2v) is 6.39. The highest BCUT2D eigenvalue weighted by molar-refractivity contribution is 5.96. The van der Waals surface area contributed by atoms with Crippen molar-refractivity contribution < 1.29 is 18.7 Å². The molecule has 1 aromatic carbocycles. The van der Waals surface area contributed by atoms with Crippen molar-refractivity contribution in [1.82, 2.24) is 20.6 Å². The fourth-order valence-electron chi connectivity index (χ4n) is 2.97. The van der Waals surface area contributed by atoms with Crippen LogP contribution in [-0.2, 0) is 4.79 Å². The van der Waals surface area contributed by atoms with Gasteiger partial charge >= 0.3 is 6.01 Å². The van der Waals surface area contributed by atoms with Gasteiger partial charge in [-0.05, 0) is 37.8 Å². The molecule has 1 aromatic heterocycles. The van der Waals surface area contributed by atoms with E-state index in [1.165, 1.54) is 0 Å². The Morgan fingerprint density at radius 2 is 1.74 bits per heavy atom. The lowest BCUT2D eigenvalue weighted by molar-refractivity contribution is -0.121. The highest BCUT2D eigenvalue weighted by atomic mass is 19.1. The lowest BCUT2D eigenvalue weighted by Gasteiger charge is -2.28. The molecule has 8 heteroatoms. The zero-order valence-corrected chi connectivity index (χ0v) is 14.7. The Morgan fingerprint density at radius 1 is 1.07 bits per heavy atom. The van der Waals surface area contributed by atoms with Crippen LogP contribution in [0.2, 0.25) is 0 Å². The van der Waals surface area contributed by atoms with Gasteiger partial charge in [-0.15, -0.1) is 0 Å². The van der Waals surface area contributed by atoms with Gasteiger partial charge in [0.25, 0.3) is 5.91 Å². The number of nitrogens with zero attached hydrogens (tertiary/aromatic N) is 2. The minimum atomic E-state index is -0.506. The average molecular weight is 372 g/mol. The number of hydrogen-bond acceptors (Lipinski definition) is 5. The fraction of sp³-hybridized carbons (Fsp3) is 0.368. The number of carbonyl (C=O) groups excluding carboxylic acids is 2. The van der Waals surface area contributed by atoms with Crippen molar-refractivity contribution in [2.75, 3.05) is 6.54 Å². The monoisotopic (exact) mass is 372 g/mol. The summed E-state index contributed by atoms with van der Waals surface area (Å²) < 4.78 is 18.4. The van der Waals surface area contributed by atoms with Gasteiger partial charge in [-0.2, -0.15) is 0 Å². The average Bonchev–Trinajstić information content (AvgIpc) is 2.70.